The molecule has 114 valence electrons. The van der Waals surface area contributed by atoms with E-state index in [2.05, 4.69) is 10.4 Å². The predicted octanol–water partition coefficient (Wildman–Crippen LogP) is 2.23. The molecule has 0 aliphatic carbocycles. The van der Waals surface area contributed by atoms with Gasteiger partial charge in [0, 0.05) is 19.3 Å². The molecule has 0 fully saturated rings. The molecule has 2 aromatic heterocycles. The lowest BCUT2D eigenvalue weighted by Gasteiger charge is -2.14. The Bertz CT molecular complexity index is 615. The van der Waals surface area contributed by atoms with Crippen molar-refractivity contribution >= 4 is 5.91 Å². The van der Waals surface area contributed by atoms with Gasteiger partial charge in [-0.05, 0) is 39.0 Å². The van der Waals surface area contributed by atoms with Gasteiger partial charge in [-0.15, -0.1) is 0 Å². The van der Waals surface area contributed by atoms with E-state index in [-0.39, 0.29) is 11.9 Å². The molecule has 0 aliphatic rings. The summed E-state index contributed by atoms with van der Waals surface area (Å²) in [7, 11) is 1.58. The SMILES string of the molecule is COCc1ccc(C(=O)NCC(C)n2nc(C)cc2C)o1. The molecule has 0 bridgehead atoms. The van der Waals surface area contributed by atoms with Crippen LogP contribution in [0.3, 0.4) is 0 Å². The van der Waals surface area contributed by atoms with Gasteiger partial charge in [-0.1, -0.05) is 0 Å². The van der Waals surface area contributed by atoms with E-state index in [0.717, 1.165) is 11.4 Å². The Morgan fingerprint density at radius 3 is 2.86 bits per heavy atom. The first-order valence-electron chi connectivity index (χ1n) is 6.90. The monoisotopic (exact) mass is 291 g/mol. The lowest BCUT2D eigenvalue weighted by molar-refractivity contribution is 0.0911. The number of nitrogens with one attached hydrogen (secondary N) is 1. The van der Waals surface area contributed by atoms with Crippen molar-refractivity contribution in [3.8, 4) is 0 Å². The molecule has 0 saturated heterocycles. The van der Waals surface area contributed by atoms with Crippen molar-refractivity contribution in [2.24, 2.45) is 0 Å². The highest BCUT2D eigenvalue weighted by atomic mass is 16.5. The van der Waals surface area contributed by atoms with E-state index in [1.807, 2.05) is 31.5 Å². The molecule has 1 N–H and O–H groups in total. The summed E-state index contributed by atoms with van der Waals surface area (Å²) >= 11 is 0. The molecule has 1 atom stereocenters. The molecule has 1 amide bonds. The minimum absolute atomic E-state index is 0.0797. The molecule has 0 spiro atoms. The third-order valence-corrected chi connectivity index (χ3v) is 3.19. The van der Waals surface area contributed by atoms with Gasteiger partial charge in [0.15, 0.2) is 5.76 Å². The fourth-order valence-corrected chi connectivity index (χ4v) is 2.23. The van der Waals surface area contributed by atoms with Crippen molar-refractivity contribution in [2.45, 2.75) is 33.4 Å². The average molecular weight is 291 g/mol. The number of hydrogen-bond acceptors (Lipinski definition) is 4. The Hall–Kier alpha value is -2.08. The molecule has 0 aliphatic heterocycles. The topological polar surface area (TPSA) is 69.3 Å². The second-order valence-corrected chi connectivity index (χ2v) is 5.13. The van der Waals surface area contributed by atoms with Gasteiger partial charge >= 0.3 is 0 Å². The summed E-state index contributed by atoms with van der Waals surface area (Å²) < 4.78 is 12.3. The van der Waals surface area contributed by atoms with E-state index in [4.69, 9.17) is 9.15 Å². The maximum Gasteiger partial charge on any atom is 0.287 e. The first-order valence-corrected chi connectivity index (χ1v) is 6.90. The second kappa shape index (κ2) is 6.58. The van der Waals surface area contributed by atoms with Crippen LogP contribution in [0, 0.1) is 13.8 Å². The molecular formula is C15H21N3O3. The van der Waals surface area contributed by atoms with Crippen LogP contribution in [-0.2, 0) is 11.3 Å². The van der Waals surface area contributed by atoms with Crippen LogP contribution in [0.2, 0.25) is 0 Å². The minimum atomic E-state index is -0.231. The maximum absolute atomic E-state index is 12.0. The van der Waals surface area contributed by atoms with Crippen molar-refractivity contribution in [1.82, 2.24) is 15.1 Å². The fourth-order valence-electron chi connectivity index (χ4n) is 2.23. The van der Waals surface area contributed by atoms with Gasteiger partial charge in [0.05, 0.1) is 11.7 Å². The predicted molar refractivity (Wildman–Crippen MR) is 78.2 cm³/mol. The van der Waals surface area contributed by atoms with Crippen LogP contribution < -0.4 is 5.32 Å². The fraction of sp³-hybridized carbons (Fsp3) is 0.467. The molecule has 0 saturated carbocycles. The Morgan fingerprint density at radius 1 is 1.48 bits per heavy atom. The quantitative estimate of drug-likeness (QED) is 0.886. The molecule has 21 heavy (non-hydrogen) atoms. The van der Waals surface area contributed by atoms with E-state index in [9.17, 15) is 4.79 Å². The number of ether oxygens (including phenoxy) is 1. The third-order valence-electron chi connectivity index (χ3n) is 3.19. The van der Waals surface area contributed by atoms with Crippen LogP contribution in [-0.4, -0.2) is 29.3 Å². The highest BCUT2D eigenvalue weighted by Crippen LogP contribution is 2.11. The normalized spacial score (nSPS) is 12.4. The highest BCUT2D eigenvalue weighted by Gasteiger charge is 2.14. The molecule has 6 heteroatoms. The minimum Gasteiger partial charge on any atom is -0.453 e. The summed E-state index contributed by atoms with van der Waals surface area (Å²) in [4.78, 5) is 12.0. The number of carbonyl (C=O) groups is 1. The van der Waals surface area contributed by atoms with Gasteiger partial charge in [-0.25, -0.2) is 0 Å². The van der Waals surface area contributed by atoms with E-state index in [0.29, 0.717) is 24.7 Å². The van der Waals surface area contributed by atoms with Crippen molar-refractivity contribution in [3.63, 3.8) is 0 Å². The Labute approximate surface area is 124 Å². The van der Waals surface area contributed by atoms with Gasteiger partial charge in [0.2, 0.25) is 0 Å². The number of methoxy groups -OCH3 is 1. The molecule has 1 unspecified atom stereocenters. The smallest absolute Gasteiger partial charge is 0.287 e. The third kappa shape index (κ3) is 3.72. The Morgan fingerprint density at radius 2 is 2.24 bits per heavy atom. The van der Waals surface area contributed by atoms with Crippen molar-refractivity contribution in [2.75, 3.05) is 13.7 Å². The summed E-state index contributed by atoms with van der Waals surface area (Å²) in [6.45, 7) is 6.81. The summed E-state index contributed by atoms with van der Waals surface area (Å²) in [5.74, 6) is 0.697. The van der Waals surface area contributed by atoms with E-state index in [1.165, 1.54) is 0 Å². The van der Waals surface area contributed by atoms with Gasteiger partial charge in [-0.3, -0.25) is 9.48 Å². The summed E-state index contributed by atoms with van der Waals surface area (Å²) in [5, 5.41) is 7.27. The van der Waals surface area contributed by atoms with E-state index >= 15 is 0 Å². The summed E-state index contributed by atoms with van der Waals surface area (Å²) in [6.07, 6.45) is 0. The van der Waals surface area contributed by atoms with Crippen LogP contribution in [0.15, 0.2) is 22.6 Å². The molecule has 2 aromatic rings. The lowest BCUT2D eigenvalue weighted by atomic mass is 10.3. The molecule has 0 radical (unpaired) electrons. The van der Waals surface area contributed by atoms with Crippen LogP contribution in [0.4, 0.5) is 0 Å². The Balaban J connectivity index is 1.92. The summed E-state index contributed by atoms with van der Waals surface area (Å²) in [5.41, 5.74) is 2.05. The zero-order valence-electron chi connectivity index (χ0n) is 12.8. The number of nitrogens with zero attached hydrogens (tertiary/aromatic N) is 2. The molecule has 6 nitrogen and oxygen atoms in total. The molecule has 2 rings (SSSR count). The first-order chi connectivity index (χ1) is 10.0. The van der Waals surface area contributed by atoms with Crippen LogP contribution >= 0.6 is 0 Å². The number of furan rings is 1. The number of hydrogen-bond donors (Lipinski definition) is 1. The van der Waals surface area contributed by atoms with Gasteiger partial charge in [0.25, 0.3) is 5.91 Å². The van der Waals surface area contributed by atoms with E-state index < -0.39 is 0 Å². The zero-order valence-corrected chi connectivity index (χ0v) is 12.8. The van der Waals surface area contributed by atoms with Gasteiger partial charge in [0.1, 0.15) is 12.4 Å². The number of amides is 1. The second-order valence-electron chi connectivity index (χ2n) is 5.13. The Kier molecular flexibility index (Phi) is 4.80. The van der Waals surface area contributed by atoms with Crippen LogP contribution in [0.5, 0.6) is 0 Å². The number of aryl methyl sites for hydroxylation is 2. The van der Waals surface area contributed by atoms with Gasteiger partial charge < -0.3 is 14.5 Å². The zero-order chi connectivity index (χ0) is 15.4. The first kappa shape index (κ1) is 15.3. The van der Waals surface area contributed by atoms with Crippen molar-refractivity contribution in [3.05, 3.63) is 41.1 Å². The number of aromatic nitrogens is 2. The van der Waals surface area contributed by atoms with Crippen molar-refractivity contribution < 1.29 is 13.9 Å². The summed E-state index contributed by atoms with van der Waals surface area (Å²) in [6, 6.07) is 5.48. The standard InChI is InChI=1S/C15H21N3O3/c1-10-7-11(2)18(17-10)12(3)8-16-15(19)14-6-5-13(21-14)9-20-4/h5-7,12H,8-9H2,1-4H3,(H,16,19). The molecular weight excluding hydrogens is 270 g/mol. The van der Waals surface area contributed by atoms with Crippen molar-refractivity contribution in [1.29, 1.82) is 0 Å². The number of carbonyl (C=O) groups excluding carboxylic acids is 1. The molecule has 0 aromatic carbocycles. The largest absolute Gasteiger partial charge is 0.453 e. The van der Waals surface area contributed by atoms with E-state index in [1.54, 1.807) is 19.2 Å². The maximum atomic E-state index is 12.0. The number of rotatable bonds is 6. The van der Waals surface area contributed by atoms with Crippen LogP contribution in [0.25, 0.3) is 0 Å². The highest BCUT2D eigenvalue weighted by molar-refractivity contribution is 5.91. The van der Waals surface area contributed by atoms with Gasteiger partial charge in [-0.2, -0.15) is 5.10 Å². The molecule has 2 heterocycles. The lowest BCUT2D eigenvalue weighted by Crippen LogP contribution is -2.30. The van der Waals surface area contributed by atoms with Crippen LogP contribution in [0.1, 0.15) is 40.7 Å². The average Bonchev–Trinajstić information content (AvgIpc) is 3.03.